The molecule has 2 aromatic heterocycles. The van der Waals surface area contributed by atoms with Gasteiger partial charge in [-0.1, -0.05) is 16.9 Å². The largest absolute Gasteiger partial charge is 0.356 e. The Bertz CT molecular complexity index is 728. The molecular formula is C15H12FN3OS. The number of hydrogen-bond donors (Lipinski definition) is 0. The molecule has 3 rings (SSSR count). The number of aromatic nitrogens is 3. The fourth-order valence-electron chi connectivity index (χ4n) is 1.87. The van der Waals surface area contributed by atoms with Crippen LogP contribution >= 0.6 is 11.8 Å². The Balaban J connectivity index is 1.78. The third-order valence-corrected chi connectivity index (χ3v) is 3.89. The van der Waals surface area contributed by atoms with Crippen molar-refractivity contribution in [3.8, 4) is 11.3 Å². The van der Waals surface area contributed by atoms with E-state index in [2.05, 4.69) is 15.1 Å². The van der Waals surface area contributed by atoms with Crippen molar-refractivity contribution in [2.75, 3.05) is 0 Å². The van der Waals surface area contributed by atoms with E-state index in [0.29, 0.717) is 16.7 Å². The van der Waals surface area contributed by atoms with Crippen LogP contribution in [0.15, 0.2) is 52.4 Å². The third-order valence-electron chi connectivity index (χ3n) is 3.01. The van der Waals surface area contributed by atoms with Crippen LogP contribution < -0.4 is 0 Å². The second-order valence-corrected chi connectivity index (χ2v) is 5.35. The highest BCUT2D eigenvalue weighted by atomic mass is 32.2. The maximum atomic E-state index is 13.0. The molecular weight excluding hydrogens is 289 g/mol. The van der Waals surface area contributed by atoms with E-state index in [-0.39, 0.29) is 5.82 Å². The van der Waals surface area contributed by atoms with E-state index in [1.54, 1.807) is 30.6 Å². The maximum Gasteiger partial charge on any atom is 0.187 e. The van der Waals surface area contributed by atoms with Crippen molar-refractivity contribution < 1.29 is 8.91 Å². The van der Waals surface area contributed by atoms with E-state index in [9.17, 15) is 4.39 Å². The second kappa shape index (κ2) is 6.05. The van der Waals surface area contributed by atoms with Crippen molar-refractivity contribution in [2.24, 2.45) is 0 Å². The lowest BCUT2D eigenvalue weighted by Gasteiger charge is -1.99. The molecule has 0 atom stereocenters. The Morgan fingerprint density at radius 2 is 1.86 bits per heavy atom. The summed E-state index contributed by atoms with van der Waals surface area (Å²) in [5.74, 6) is 1.02. The van der Waals surface area contributed by atoms with Crippen LogP contribution in [0.25, 0.3) is 11.3 Å². The standard InChI is InChI=1S/C15H12FN3OS/c1-10-13(9-21-15-17-7-2-8-18-15)19-20-14(10)11-3-5-12(16)6-4-11/h2-8H,9H2,1H3. The zero-order valence-corrected chi connectivity index (χ0v) is 12.1. The number of rotatable bonds is 4. The Labute approximate surface area is 125 Å². The molecule has 0 aliphatic carbocycles. The molecule has 21 heavy (non-hydrogen) atoms. The molecule has 0 saturated carbocycles. The van der Waals surface area contributed by atoms with E-state index in [1.165, 1.54) is 23.9 Å². The maximum absolute atomic E-state index is 13.0. The van der Waals surface area contributed by atoms with Crippen LogP contribution in [-0.2, 0) is 5.75 Å². The van der Waals surface area contributed by atoms with E-state index in [0.717, 1.165) is 16.8 Å². The van der Waals surface area contributed by atoms with Crippen LogP contribution in [0.5, 0.6) is 0 Å². The molecule has 0 saturated heterocycles. The van der Waals surface area contributed by atoms with Crippen molar-refractivity contribution in [1.82, 2.24) is 15.1 Å². The van der Waals surface area contributed by atoms with E-state index >= 15 is 0 Å². The SMILES string of the molecule is Cc1c(CSc2ncccn2)noc1-c1ccc(F)cc1. The molecule has 4 nitrogen and oxygen atoms in total. The smallest absolute Gasteiger partial charge is 0.187 e. The highest BCUT2D eigenvalue weighted by molar-refractivity contribution is 7.98. The Morgan fingerprint density at radius 3 is 2.57 bits per heavy atom. The van der Waals surface area contributed by atoms with Gasteiger partial charge in [-0.3, -0.25) is 0 Å². The minimum atomic E-state index is -0.270. The predicted molar refractivity (Wildman–Crippen MR) is 78.2 cm³/mol. The summed E-state index contributed by atoms with van der Waals surface area (Å²) in [6.07, 6.45) is 3.41. The summed E-state index contributed by atoms with van der Waals surface area (Å²) in [4.78, 5) is 8.30. The topological polar surface area (TPSA) is 51.8 Å². The molecule has 0 amide bonds. The first kappa shape index (κ1) is 13.8. The summed E-state index contributed by atoms with van der Waals surface area (Å²) in [5, 5.41) is 4.78. The summed E-state index contributed by atoms with van der Waals surface area (Å²) in [6, 6.07) is 7.95. The lowest BCUT2D eigenvalue weighted by molar-refractivity contribution is 0.426. The van der Waals surface area contributed by atoms with Gasteiger partial charge >= 0.3 is 0 Å². The summed E-state index contributed by atoms with van der Waals surface area (Å²) in [5.41, 5.74) is 2.60. The van der Waals surface area contributed by atoms with Crippen molar-refractivity contribution >= 4 is 11.8 Å². The van der Waals surface area contributed by atoms with Crippen LogP contribution in [0, 0.1) is 12.7 Å². The van der Waals surface area contributed by atoms with Gasteiger partial charge < -0.3 is 4.52 Å². The van der Waals surface area contributed by atoms with Gasteiger partial charge in [0, 0.05) is 29.3 Å². The molecule has 6 heteroatoms. The summed E-state index contributed by atoms with van der Waals surface area (Å²) in [6.45, 7) is 1.94. The molecule has 0 bridgehead atoms. The molecule has 2 heterocycles. The normalized spacial score (nSPS) is 10.8. The number of benzene rings is 1. The molecule has 3 aromatic rings. The van der Waals surface area contributed by atoms with Crippen LogP contribution in [0.1, 0.15) is 11.3 Å². The molecule has 0 aliphatic rings. The highest BCUT2D eigenvalue weighted by Gasteiger charge is 2.14. The molecule has 0 N–H and O–H groups in total. The van der Waals surface area contributed by atoms with Gasteiger partial charge in [-0.25, -0.2) is 14.4 Å². The minimum Gasteiger partial charge on any atom is -0.356 e. The average Bonchev–Trinajstić information content (AvgIpc) is 2.88. The van der Waals surface area contributed by atoms with Gasteiger partial charge in [0.1, 0.15) is 5.82 Å². The number of halogens is 1. The van der Waals surface area contributed by atoms with Crippen molar-refractivity contribution in [2.45, 2.75) is 17.8 Å². The fraction of sp³-hybridized carbons (Fsp3) is 0.133. The van der Waals surface area contributed by atoms with E-state index < -0.39 is 0 Å². The second-order valence-electron chi connectivity index (χ2n) is 4.41. The molecule has 0 radical (unpaired) electrons. The zero-order valence-electron chi connectivity index (χ0n) is 11.3. The predicted octanol–water partition coefficient (Wildman–Crippen LogP) is 3.87. The van der Waals surface area contributed by atoms with E-state index in [4.69, 9.17) is 4.52 Å². The van der Waals surface area contributed by atoms with Crippen molar-refractivity contribution in [3.63, 3.8) is 0 Å². The van der Waals surface area contributed by atoms with Gasteiger partial charge in [-0.2, -0.15) is 0 Å². The lowest BCUT2D eigenvalue weighted by atomic mass is 10.1. The summed E-state index contributed by atoms with van der Waals surface area (Å²) >= 11 is 1.49. The molecule has 0 unspecified atom stereocenters. The molecule has 1 aromatic carbocycles. The Hall–Kier alpha value is -2.21. The first-order valence-electron chi connectivity index (χ1n) is 6.35. The molecule has 0 aliphatic heterocycles. The van der Waals surface area contributed by atoms with Gasteiger partial charge in [-0.15, -0.1) is 0 Å². The summed E-state index contributed by atoms with van der Waals surface area (Å²) < 4.78 is 18.3. The van der Waals surface area contributed by atoms with Gasteiger partial charge in [0.25, 0.3) is 0 Å². The van der Waals surface area contributed by atoms with Crippen molar-refractivity contribution in [1.29, 1.82) is 0 Å². The van der Waals surface area contributed by atoms with Crippen LogP contribution in [0.2, 0.25) is 0 Å². The van der Waals surface area contributed by atoms with Gasteiger partial charge in [0.2, 0.25) is 0 Å². The fourth-order valence-corrected chi connectivity index (χ4v) is 2.67. The van der Waals surface area contributed by atoms with Gasteiger partial charge in [0.05, 0.1) is 5.69 Å². The first-order chi connectivity index (χ1) is 10.2. The van der Waals surface area contributed by atoms with Crippen LogP contribution in [-0.4, -0.2) is 15.1 Å². The van der Waals surface area contributed by atoms with Crippen molar-refractivity contribution in [3.05, 3.63) is 59.8 Å². The number of nitrogens with zero attached hydrogens (tertiary/aromatic N) is 3. The van der Waals surface area contributed by atoms with Crippen LogP contribution in [0.3, 0.4) is 0 Å². The number of hydrogen-bond acceptors (Lipinski definition) is 5. The van der Waals surface area contributed by atoms with E-state index in [1.807, 2.05) is 6.92 Å². The minimum absolute atomic E-state index is 0.270. The molecule has 106 valence electrons. The average molecular weight is 301 g/mol. The van der Waals surface area contributed by atoms with Gasteiger partial charge in [0.15, 0.2) is 10.9 Å². The molecule has 0 spiro atoms. The monoisotopic (exact) mass is 301 g/mol. The van der Waals surface area contributed by atoms with Gasteiger partial charge in [-0.05, 0) is 37.3 Å². The third kappa shape index (κ3) is 3.11. The number of thioether (sulfide) groups is 1. The Kier molecular flexibility index (Phi) is 3.96. The Morgan fingerprint density at radius 1 is 1.14 bits per heavy atom. The highest BCUT2D eigenvalue weighted by Crippen LogP contribution is 2.28. The molecule has 0 fully saturated rings. The lowest BCUT2D eigenvalue weighted by Crippen LogP contribution is -1.88. The first-order valence-corrected chi connectivity index (χ1v) is 7.33. The summed E-state index contributed by atoms with van der Waals surface area (Å²) in [7, 11) is 0. The zero-order chi connectivity index (χ0) is 14.7. The van der Waals surface area contributed by atoms with Crippen LogP contribution in [0.4, 0.5) is 4.39 Å². The quantitative estimate of drug-likeness (QED) is 0.541.